The van der Waals surface area contributed by atoms with Crippen LogP contribution < -0.4 is 20.3 Å². The number of carbonyl (C=O) groups excluding carboxylic acids is 3. The molecule has 9 nitrogen and oxygen atoms in total. The Labute approximate surface area is 203 Å². The van der Waals surface area contributed by atoms with E-state index in [1.807, 2.05) is 4.90 Å². The van der Waals surface area contributed by atoms with Gasteiger partial charge in [-0.2, -0.15) is 0 Å². The van der Waals surface area contributed by atoms with Crippen molar-refractivity contribution in [2.75, 3.05) is 63.1 Å². The monoisotopic (exact) mass is 483 g/mol. The Morgan fingerprint density at radius 3 is 2.49 bits per heavy atom. The zero-order valence-corrected chi connectivity index (χ0v) is 19.7. The molecule has 0 aliphatic carbocycles. The maximum atomic E-state index is 13.2. The summed E-state index contributed by atoms with van der Waals surface area (Å²) < 4.78 is 18.4. The van der Waals surface area contributed by atoms with E-state index in [0.29, 0.717) is 50.7 Å². The number of rotatable bonds is 7. The predicted molar refractivity (Wildman–Crippen MR) is 130 cm³/mol. The van der Waals surface area contributed by atoms with E-state index >= 15 is 0 Å². The summed E-state index contributed by atoms with van der Waals surface area (Å²) >= 11 is 0. The van der Waals surface area contributed by atoms with Crippen LogP contribution in [0.4, 0.5) is 15.8 Å². The normalized spacial score (nSPS) is 18.7. The van der Waals surface area contributed by atoms with Crippen molar-refractivity contribution >= 4 is 29.1 Å². The lowest BCUT2D eigenvalue weighted by atomic mass is 10.1. The number of carbonyl (C=O) groups is 3. The van der Waals surface area contributed by atoms with Crippen LogP contribution in [0.25, 0.3) is 0 Å². The Morgan fingerprint density at radius 1 is 1.06 bits per heavy atom. The fourth-order valence-electron chi connectivity index (χ4n) is 4.44. The number of amides is 3. The summed E-state index contributed by atoms with van der Waals surface area (Å²) in [5.74, 6) is -0.635. The van der Waals surface area contributed by atoms with Gasteiger partial charge in [-0.1, -0.05) is 12.1 Å². The topological polar surface area (TPSA) is 94.2 Å². The number of benzene rings is 2. The number of ether oxygens (including phenoxy) is 1. The number of para-hydroxylation sites is 2. The molecule has 2 aromatic rings. The van der Waals surface area contributed by atoms with Gasteiger partial charge >= 0.3 is 0 Å². The molecule has 35 heavy (non-hydrogen) atoms. The highest BCUT2D eigenvalue weighted by molar-refractivity contribution is 5.98. The van der Waals surface area contributed by atoms with Gasteiger partial charge < -0.3 is 25.2 Å². The third-order valence-electron chi connectivity index (χ3n) is 6.33. The molecular formula is C25H30FN5O4. The molecule has 0 saturated carbocycles. The smallest absolute Gasteiger partial charge is 0.243 e. The number of hydrogen-bond donors (Lipinski definition) is 2. The summed E-state index contributed by atoms with van der Waals surface area (Å²) in [6.07, 6.45) is -0.145. The quantitative estimate of drug-likeness (QED) is 0.617. The first-order valence-electron chi connectivity index (χ1n) is 11.7. The summed E-state index contributed by atoms with van der Waals surface area (Å²) in [6, 6.07) is 12.5. The van der Waals surface area contributed by atoms with E-state index in [-0.39, 0.29) is 36.5 Å². The third kappa shape index (κ3) is 6.07. The molecule has 0 radical (unpaired) electrons. The Hall–Kier alpha value is -3.66. The molecular weight excluding hydrogens is 453 g/mol. The first kappa shape index (κ1) is 24.5. The van der Waals surface area contributed by atoms with Crippen LogP contribution in [-0.4, -0.2) is 86.5 Å². The lowest BCUT2D eigenvalue weighted by Gasteiger charge is -2.39. The average molecular weight is 484 g/mol. The first-order chi connectivity index (χ1) is 16.9. The largest absolute Gasteiger partial charge is 0.495 e. The third-order valence-corrected chi connectivity index (χ3v) is 6.33. The summed E-state index contributed by atoms with van der Waals surface area (Å²) in [6.45, 7) is 3.65. The van der Waals surface area contributed by atoms with E-state index in [4.69, 9.17) is 4.74 Å². The molecule has 2 aromatic carbocycles. The molecule has 2 aliphatic heterocycles. The van der Waals surface area contributed by atoms with Crippen LogP contribution in [0.3, 0.4) is 0 Å². The molecule has 2 saturated heterocycles. The lowest BCUT2D eigenvalue weighted by Crippen LogP contribution is -2.60. The molecule has 186 valence electrons. The number of methoxy groups -OCH3 is 1. The summed E-state index contributed by atoms with van der Waals surface area (Å²) in [5, 5.41) is 5.53. The maximum Gasteiger partial charge on any atom is 0.243 e. The highest BCUT2D eigenvalue weighted by Crippen LogP contribution is 2.24. The van der Waals surface area contributed by atoms with E-state index in [9.17, 15) is 18.8 Å². The van der Waals surface area contributed by atoms with Crippen molar-refractivity contribution in [3.05, 3.63) is 54.3 Å². The molecule has 2 fully saturated rings. The molecule has 10 heteroatoms. The van der Waals surface area contributed by atoms with Gasteiger partial charge in [0.15, 0.2) is 0 Å². The number of hydrogen-bond acceptors (Lipinski definition) is 6. The zero-order chi connectivity index (χ0) is 24.8. The van der Waals surface area contributed by atoms with E-state index in [1.165, 1.54) is 24.1 Å². The van der Waals surface area contributed by atoms with E-state index in [1.54, 1.807) is 36.4 Å². The van der Waals surface area contributed by atoms with Crippen LogP contribution >= 0.6 is 0 Å². The van der Waals surface area contributed by atoms with Crippen LogP contribution in [0.5, 0.6) is 5.75 Å². The summed E-state index contributed by atoms with van der Waals surface area (Å²) in [5.41, 5.74) is 1.46. The molecule has 2 N–H and O–H groups in total. The Kier molecular flexibility index (Phi) is 7.81. The fourth-order valence-corrected chi connectivity index (χ4v) is 4.44. The minimum Gasteiger partial charge on any atom is -0.495 e. The summed E-state index contributed by atoms with van der Waals surface area (Å²) in [4.78, 5) is 44.2. The van der Waals surface area contributed by atoms with Crippen molar-refractivity contribution in [3.63, 3.8) is 0 Å². The standard InChI is InChI=1S/C25H30FN5O4/c1-35-22-5-3-2-4-20(22)28-23(32)16-21-25(34)27-10-11-31(21)24(33)17-29-12-14-30(15-13-29)19-8-6-18(26)7-9-19/h2-9,21H,10-17H2,1H3,(H,27,34)(H,28,32). The van der Waals surface area contributed by atoms with Crippen molar-refractivity contribution in [1.29, 1.82) is 0 Å². The van der Waals surface area contributed by atoms with E-state index in [0.717, 1.165) is 5.69 Å². The van der Waals surface area contributed by atoms with Crippen LogP contribution in [0.2, 0.25) is 0 Å². The van der Waals surface area contributed by atoms with Gasteiger partial charge in [-0.3, -0.25) is 19.3 Å². The second kappa shape index (κ2) is 11.2. The Bertz CT molecular complexity index is 1060. The number of halogens is 1. The average Bonchev–Trinajstić information content (AvgIpc) is 2.86. The van der Waals surface area contributed by atoms with Crippen molar-refractivity contribution in [1.82, 2.24) is 15.1 Å². The van der Waals surface area contributed by atoms with Gasteiger partial charge in [-0.05, 0) is 36.4 Å². The molecule has 0 bridgehead atoms. The number of piperazine rings is 2. The van der Waals surface area contributed by atoms with Gasteiger partial charge in [0.25, 0.3) is 0 Å². The SMILES string of the molecule is COc1ccccc1NC(=O)CC1C(=O)NCCN1C(=O)CN1CCN(c2ccc(F)cc2)CC1. The van der Waals surface area contributed by atoms with Crippen molar-refractivity contribution < 1.29 is 23.5 Å². The van der Waals surface area contributed by atoms with Gasteiger partial charge in [-0.15, -0.1) is 0 Å². The molecule has 2 aliphatic rings. The fraction of sp³-hybridized carbons (Fsp3) is 0.400. The van der Waals surface area contributed by atoms with Crippen molar-refractivity contribution in [2.24, 2.45) is 0 Å². The van der Waals surface area contributed by atoms with Crippen LogP contribution in [0.1, 0.15) is 6.42 Å². The van der Waals surface area contributed by atoms with Crippen LogP contribution in [0.15, 0.2) is 48.5 Å². The van der Waals surface area contributed by atoms with Crippen LogP contribution in [-0.2, 0) is 14.4 Å². The molecule has 2 heterocycles. The zero-order valence-electron chi connectivity index (χ0n) is 19.7. The second-order valence-corrected chi connectivity index (χ2v) is 8.59. The molecule has 1 unspecified atom stereocenters. The van der Waals surface area contributed by atoms with Gasteiger partial charge in [0.2, 0.25) is 17.7 Å². The first-order valence-corrected chi connectivity index (χ1v) is 11.7. The number of anilines is 2. The molecule has 4 rings (SSSR count). The van der Waals surface area contributed by atoms with Gasteiger partial charge in [-0.25, -0.2) is 4.39 Å². The van der Waals surface area contributed by atoms with Gasteiger partial charge in [0.05, 0.1) is 25.8 Å². The Morgan fingerprint density at radius 2 is 1.77 bits per heavy atom. The lowest BCUT2D eigenvalue weighted by molar-refractivity contribution is -0.145. The maximum absolute atomic E-state index is 13.2. The van der Waals surface area contributed by atoms with Crippen molar-refractivity contribution in [3.8, 4) is 5.75 Å². The van der Waals surface area contributed by atoms with Gasteiger partial charge in [0, 0.05) is 45.0 Å². The molecule has 3 amide bonds. The van der Waals surface area contributed by atoms with E-state index in [2.05, 4.69) is 15.5 Å². The van der Waals surface area contributed by atoms with Gasteiger partial charge in [0.1, 0.15) is 17.6 Å². The number of nitrogens with one attached hydrogen (secondary N) is 2. The predicted octanol–water partition coefficient (Wildman–Crippen LogP) is 1.31. The summed E-state index contributed by atoms with van der Waals surface area (Å²) in [7, 11) is 1.51. The van der Waals surface area contributed by atoms with Crippen LogP contribution in [0, 0.1) is 5.82 Å². The second-order valence-electron chi connectivity index (χ2n) is 8.59. The highest BCUT2D eigenvalue weighted by Gasteiger charge is 2.35. The van der Waals surface area contributed by atoms with E-state index < -0.39 is 6.04 Å². The molecule has 0 spiro atoms. The van der Waals surface area contributed by atoms with Crippen molar-refractivity contribution in [2.45, 2.75) is 12.5 Å². The minimum absolute atomic E-state index is 0.145. The molecule has 0 aromatic heterocycles. The highest BCUT2D eigenvalue weighted by atomic mass is 19.1. The molecule has 1 atom stereocenters. The number of nitrogens with zero attached hydrogens (tertiary/aromatic N) is 3. The minimum atomic E-state index is -0.869. The Balaban J connectivity index is 1.33.